The van der Waals surface area contributed by atoms with E-state index >= 15 is 0 Å². The third-order valence-corrected chi connectivity index (χ3v) is 6.46. The van der Waals surface area contributed by atoms with Gasteiger partial charge in [0.05, 0.1) is 5.71 Å². The molecule has 1 amide bonds. The Kier molecular flexibility index (Phi) is 5.83. The lowest BCUT2D eigenvalue weighted by Gasteiger charge is -2.30. The van der Waals surface area contributed by atoms with E-state index in [2.05, 4.69) is 21.5 Å². The van der Waals surface area contributed by atoms with Crippen molar-refractivity contribution in [3.05, 3.63) is 59.9 Å². The van der Waals surface area contributed by atoms with Crippen molar-refractivity contribution in [2.75, 3.05) is 20.1 Å². The van der Waals surface area contributed by atoms with E-state index < -0.39 is 6.09 Å². The first-order valence-electron chi connectivity index (χ1n) is 11.2. The van der Waals surface area contributed by atoms with E-state index in [4.69, 9.17) is 9.15 Å². The van der Waals surface area contributed by atoms with Crippen LogP contribution in [0.2, 0.25) is 0 Å². The number of carbonyl (C=O) groups is 1. The summed E-state index contributed by atoms with van der Waals surface area (Å²) in [6.07, 6.45) is 6.28. The maximum absolute atomic E-state index is 12.8. The van der Waals surface area contributed by atoms with E-state index in [0.29, 0.717) is 17.9 Å². The summed E-state index contributed by atoms with van der Waals surface area (Å²) in [4.78, 5) is 18.6. The summed E-state index contributed by atoms with van der Waals surface area (Å²) in [5.41, 5.74) is 5.39. The molecule has 8 nitrogen and oxygen atoms in total. The lowest BCUT2D eigenvalue weighted by atomic mass is 9.98. The van der Waals surface area contributed by atoms with Crippen LogP contribution in [0.15, 0.2) is 58.4 Å². The standard InChI is InChI=1S/C25H26N4O4/c1-29(19-8-12-27-13-9-19)25(30)33-23-15-21(24(32-23)16-6-10-26-11-7-16)18-2-4-20-17(14-18)3-5-22(20)28-31/h2,4,6-7,10-11,14-15,19,27,31H,3,5,8-9,12-13H2,1H3. The van der Waals surface area contributed by atoms with Crippen LogP contribution in [-0.2, 0) is 6.42 Å². The number of hydrogen-bond acceptors (Lipinski definition) is 7. The van der Waals surface area contributed by atoms with E-state index in [1.54, 1.807) is 30.4 Å². The Hall–Kier alpha value is -3.65. The summed E-state index contributed by atoms with van der Waals surface area (Å²) >= 11 is 0. The third kappa shape index (κ3) is 4.21. The molecule has 2 N–H and O–H groups in total. The molecule has 33 heavy (non-hydrogen) atoms. The predicted molar refractivity (Wildman–Crippen MR) is 124 cm³/mol. The molecule has 1 saturated heterocycles. The average Bonchev–Trinajstić information content (AvgIpc) is 3.48. The van der Waals surface area contributed by atoms with Gasteiger partial charge in [0.1, 0.15) is 5.76 Å². The Morgan fingerprint density at radius 2 is 1.91 bits per heavy atom. The number of piperidine rings is 1. The fourth-order valence-corrected chi connectivity index (χ4v) is 4.59. The Bertz CT molecular complexity index is 1180. The van der Waals surface area contributed by atoms with Crippen molar-refractivity contribution >= 4 is 11.8 Å². The molecule has 1 aromatic carbocycles. The number of fused-ring (bicyclic) bond motifs is 1. The van der Waals surface area contributed by atoms with Gasteiger partial charge >= 0.3 is 6.09 Å². The van der Waals surface area contributed by atoms with Crippen molar-refractivity contribution in [2.45, 2.75) is 31.7 Å². The van der Waals surface area contributed by atoms with Crippen molar-refractivity contribution in [2.24, 2.45) is 5.16 Å². The van der Waals surface area contributed by atoms with Crippen LogP contribution >= 0.6 is 0 Å². The largest absolute Gasteiger partial charge is 0.425 e. The number of rotatable bonds is 4. The number of oxime groups is 1. The van der Waals surface area contributed by atoms with E-state index in [-0.39, 0.29) is 12.0 Å². The molecule has 1 fully saturated rings. The summed E-state index contributed by atoms with van der Waals surface area (Å²) < 4.78 is 11.7. The SMILES string of the molecule is CN(C(=O)Oc1cc(-c2ccc3c(c2)CCC3=NO)c(-c2ccncc2)o1)C1CCNCC1. The molecule has 2 aliphatic rings. The molecule has 5 rings (SSSR count). The lowest BCUT2D eigenvalue weighted by Crippen LogP contribution is -2.44. The zero-order chi connectivity index (χ0) is 22.8. The number of hydrogen-bond donors (Lipinski definition) is 2. The van der Waals surface area contributed by atoms with Crippen LogP contribution in [0.25, 0.3) is 22.5 Å². The van der Waals surface area contributed by atoms with Crippen LogP contribution in [0, 0.1) is 0 Å². The zero-order valence-electron chi connectivity index (χ0n) is 18.5. The van der Waals surface area contributed by atoms with Gasteiger partial charge in [-0.05, 0) is 62.0 Å². The molecule has 3 heterocycles. The molecule has 0 bridgehead atoms. The number of furan rings is 1. The molecular weight excluding hydrogens is 420 g/mol. The Morgan fingerprint density at radius 3 is 2.67 bits per heavy atom. The highest BCUT2D eigenvalue weighted by atomic mass is 16.6. The molecule has 1 aliphatic heterocycles. The van der Waals surface area contributed by atoms with Gasteiger partial charge in [-0.15, -0.1) is 0 Å². The van der Waals surface area contributed by atoms with E-state index in [1.807, 2.05) is 24.3 Å². The Labute approximate surface area is 191 Å². The number of benzene rings is 1. The van der Waals surface area contributed by atoms with Crippen molar-refractivity contribution in [3.63, 3.8) is 0 Å². The second kappa shape index (κ2) is 9.07. The van der Waals surface area contributed by atoms with Gasteiger partial charge in [-0.3, -0.25) is 4.98 Å². The van der Waals surface area contributed by atoms with Crippen molar-refractivity contribution in [3.8, 4) is 28.4 Å². The number of pyridine rings is 1. The third-order valence-electron chi connectivity index (χ3n) is 6.46. The predicted octanol–water partition coefficient (Wildman–Crippen LogP) is 4.32. The fraction of sp³-hybridized carbons (Fsp3) is 0.320. The topological polar surface area (TPSA) is 100 Å². The number of ether oxygens (including phenoxy) is 1. The van der Waals surface area contributed by atoms with Crippen LogP contribution in [0.5, 0.6) is 5.95 Å². The highest BCUT2D eigenvalue weighted by molar-refractivity contribution is 6.04. The van der Waals surface area contributed by atoms with E-state index in [1.165, 1.54) is 0 Å². The lowest BCUT2D eigenvalue weighted by molar-refractivity contribution is 0.126. The molecular formula is C25H26N4O4. The summed E-state index contributed by atoms with van der Waals surface area (Å²) in [7, 11) is 1.77. The van der Waals surface area contributed by atoms with Gasteiger partial charge in [-0.2, -0.15) is 0 Å². The van der Waals surface area contributed by atoms with Crippen LogP contribution < -0.4 is 10.1 Å². The number of aromatic nitrogens is 1. The van der Waals surface area contributed by atoms with Gasteiger partial charge in [0.25, 0.3) is 5.95 Å². The smallest absolute Gasteiger partial charge is 0.417 e. The van der Waals surface area contributed by atoms with Gasteiger partial charge in [-0.1, -0.05) is 23.4 Å². The van der Waals surface area contributed by atoms with Crippen molar-refractivity contribution in [1.29, 1.82) is 0 Å². The number of carbonyl (C=O) groups excluding carboxylic acids is 1. The molecule has 0 atom stereocenters. The van der Waals surface area contributed by atoms with Crippen LogP contribution in [0.3, 0.4) is 0 Å². The Morgan fingerprint density at radius 1 is 1.12 bits per heavy atom. The average molecular weight is 447 g/mol. The van der Waals surface area contributed by atoms with Crippen molar-refractivity contribution in [1.82, 2.24) is 15.2 Å². The first-order chi connectivity index (χ1) is 16.1. The van der Waals surface area contributed by atoms with E-state index in [0.717, 1.165) is 60.2 Å². The molecule has 170 valence electrons. The second-order valence-electron chi connectivity index (χ2n) is 8.42. The second-order valence-corrected chi connectivity index (χ2v) is 8.42. The quantitative estimate of drug-likeness (QED) is 0.457. The minimum absolute atomic E-state index is 0.145. The first kappa shape index (κ1) is 21.2. The highest BCUT2D eigenvalue weighted by Gasteiger charge is 2.26. The van der Waals surface area contributed by atoms with Crippen LogP contribution in [0.1, 0.15) is 30.4 Å². The molecule has 3 aromatic rings. The van der Waals surface area contributed by atoms with Gasteiger partial charge in [0, 0.05) is 48.2 Å². The maximum Gasteiger partial charge on any atom is 0.417 e. The molecule has 8 heteroatoms. The van der Waals surface area contributed by atoms with Crippen molar-refractivity contribution < 1.29 is 19.2 Å². The fourth-order valence-electron chi connectivity index (χ4n) is 4.59. The molecule has 1 aliphatic carbocycles. The number of nitrogens with one attached hydrogen (secondary N) is 1. The van der Waals surface area contributed by atoms with E-state index in [9.17, 15) is 10.0 Å². The molecule has 0 unspecified atom stereocenters. The molecule has 0 radical (unpaired) electrons. The van der Waals surface area contributed by atoms with Gasteiger partial charge in [0.2, 0.25) is 0 Å². The number of aryl methyl sites for hydroxylation is 1. The minimum atomic E-state index is -0.429. The summed E-state index contributed by atoms with van der Waals surface area (Å²) in [6, 6.07) is 11.6. The summed E-state index contributed by atoms with van der Waals surface area (Å²) in [6.45, 7) is 1.78. The van der Waals surface area contributed by atoms with Gasteiger partial charge in [0.15, 0.2) is 0 Å². The monoisotopic (exact) mass is 446 g/mol. The Balaban J connectivity index is 1.47. The first-order valence-corrected chi connectivity index (χ1v) is 11.2. The highest BCUT2D eigenvalue weighted by Crippen LogP contribution is 2.39. The van der Waals surface area contributed by atoms with Gasteiger partial charge < -0.3 is 24.6 Å². The summed E-state index contributed by atoms with van der Waals surface area (Å²) in [5.74, 6) is 0.763. The van der Waals surface area contributed by atoms with Gasteiger partial charge in [-0.25, -0.2) is 4.79 Å². The normalized spacial score (nSPS) is 17.2. The maximum atomic E-state index is 12.8. The minimum Gasteiger partial charge on any atom is -0.425 e. The summed E-state index contributed by atoms with van der Waals surface area (Å²) in [5, 5.41) is 15.9. The number of nitrogens with zero attached hydrogens (tertiary/aromatic N) is 3. The molecule has 2 aromatic heterocycles. The van der Waals surface area contributed by atoms with Crippen LogP contribution in [-0.4, -0.2) is 53.1 Å². The van der Waals surface area contributed by atoms with Crippen LogP contribution in [0.4, 0.5) is 4.79 Å². The molecule has 0 saturated carbocycles. The zero-order valence-corrected chi connectivity index (χ0v) is 18.5. The number of amides is 1. The molecule has 0 spiro atoms.